The molecule has 25 heavy (non-hydrogen) atoms. The Morgan fingerprint density at radius 3 is 2.44 bits per heavy atom. The average Bonchev–Trinajstić information content (AvgIpc) is 2.58. The summed E-state index contributed by atoms with van der Waals surface area (Å²) >= 11 is 0. The first kappa shape index (κ1) is 19.3. The van der Waals surface area contributed by atoms with Crippen LogP contribution in [0, 0.1) is 19.3 Å². The van der Waals surface area contributed by atoms with Gasteiger partial charge in [-0.05, 0) is 48.1 Å². The second-order valence-corrected chi connectivity index (χ2v) is 7.50. The van der Waals surface area contributed by atoms with Crippen molar-refractivity contribution in [2.75, 3.05) is 7.11 Å². The third-order valence-electron chi connectivity index (χ3n) is 4.47. The first-order valence-corrected chi connectivity index (χ1v) is 8.72. The second-order valence-electron chi connectivity index (χ2n) is 7.50. The van der Waals surface area contributed by atoms with Crippen LogP contribution >= 0.6 is 0 Å². The zero-order valence-corrected chi connectivity index (χ0v) is 16.1. The molecule has 1 atom stereocenters. The Morgan fingerprint density at radius 1 is 1.08 bits per heavy atom. The molecule has 1 radical (unpaired) electrons. The SMILES string of the molecule is [CH2]C(NCc1ccc(OCc2ccccc2C)c(OC)c1)C(C)(C)C. The van der Waals surface area contributed by atoms with Crippen LogP contribution in [0.3, 0.4) is 0 Å². The number of hydrogen-bond donors (Lipinski definition) is 1. The van der Waals surface area contributed by atoms with Gasteiger partial charge in [-0.1, -0.05) is 51.1 Å². The van der Waals surface area contributed by atoms with Crippen LogP contribution in [-0.4, -0.2) is 13.2 Å². The molecule has 3 nitrogen and oxygen atoms in total. The zero-order chi connectivity index (χ0) is 18.4. The number of ether oxygens (including phenoxy) is 2. The molecule has 0 aliphatic carbocycles. The lowest BCUT2D eigenvalue weighted by molar-refractivity contribution is 0.283. The summed E-state index contributed by atoms with van der Waals surface area (Å²) in [4.78, 5) is 0. The Morgan fingerprint density at radius 2 is 1.80 bits per heavy atom. The highest BCUT2D eigenvalue weighted by molar-refractivity contribution is 5.43. The van der Waals surface area contributed by atoms with Crippen LogP contribution in [0.5, 0.6) is 11.5 Å². The number of aryl methyl sites for hydroxylation is 1. The molecule has 0 spiro atoms. The molecule has 0 saturated carbocycles. The van der Waals surface area contributed by atoms with Crippen LogP contribution in [0.4, 0.5) is 0 Å². The average molecular weight is 340 g/mol. The molecule has 0 bridgehead atoms. The van der Waals surface area contributed by atoms with Gasteiger partial charge in [-0.3, -0.25) is 0 Å². The van der Waals surface area contributed by atoms with E-state index in [1.54, 1.807) is 7.11 Å². The summed E-state index contributed by atoms with van der Waals surface area (Å²) in [6, 6.07) is 14.5. The van der Waals surface area contributed by atoms with Crippen molar-refractivity contribution in [2.45, 2.75) is 46.9 Å². The van der Waals surface area contributed by atoms with Gasteiger partial charge in [0.2, 0.25) is 0 Å². The lowest BCUT2D eigenvalue weighted by atomic mass is 9.88. The minimum Gasteiger partial charge on any atom is -0.493 e. The predicted molar refractivity (Wildman–Crippen MR) is 104 cm³/mol. The molecular weight excluding hydrogens is 310 g/mol. The maximum atomic E-state index is 5.97. The number of benzene rings is 2. The Hall–Kier alpha value is -2.00. The first-order valence-electron chi connectivity index (χ1n) is 8.72. The van der Waals surface area contributed by atoms with E-state index in [0.29, 0.717) is 6.61 Å². The quantitative estimate of drug-likeness (QED) is 0.776. The summed E-state index contributed by atoms with van der Waals surface area (Å²) in [6.07, 6.45) is 0. The first-order chi connectivity index (χ1) is 11.8. The Balaban J connectivity index is 2.02. The molecule has 0 aliphatic heterocycles. The smallest absolute Gasteiger partial charge is 0.161 e. The van der Waals surface area contributed by atoms with Crippen LogP contribution in [0.2, 0.25) is 0 Å². The molecule has 2 aromatic rings. The molecule has 0 heterocycles. The fraction of sp³-hybridized carbons (Fsp3) is 0.409. The summed E-state index contributed by atoms with van der Waals surface area (Å²) in [5, 5.41) is 3.47. The van der Waals surface area contributed by atoms with Gasteiger partial charge in [0.25, 0.3) is 0 Å². The summed E-state index contributed by atoms with van der Waals surface area (Å²) < 4.78 is 11.5. The van der Waals surface area contributed by atoms with Gasteiger partial charge < -0.3 is 14.8 Å². The van der Waals surface area contributed by atoms with E-state index >= 15 is 0 Å². The fourth-order valence-electron chi connectivity index (χ4n) is 2.42. The molecule has 0 fully saturated rings. The van der Waals surface area contributed by atoms with E-state index in [9.17, 15) is 0 Å². The Labute approximate surface area is 152 Å². The number of hydrogen-bond acceptors (Lipinski definition) is 3. The van der Waals surface area contributed by atoms with Gasteiger partial charge in [-0.25, -0.2) is 0 Å². The lowest BCUT2D eigenvalue weighted by Crippen LogP contribution is -2.37. The normalized spacial score (nSPS) is 12.7. The number of rotatable bonds is 7. The van der Waals surface area contributed by atoms with E-state index in [2.05, 4.69) is 58.1 Å². The van der Waals surface area contributed by atoms with Gasteiger partial charge in [-0.2, -0.15) is 0 Å². The summed E-state index contributed by atoms with van der Waals surface area (Å²) in [6.45, 7) is 14.1. The van der Waals surface area contributed by atoms with Gasteiger partial charge >= 0.3 is 0 Å². The summed E-state index contributed by atoms with van der Waals surface area (Å²) in [5.41, 5.74) is 3.69. The predicted octanol–water partition coefficient (Wildman–Crippen LogP) is 4.92. The van der Waals surface area contributed by atoms with Gasteiger partial charge in [0, 0.05) is 12.6 Å². The molecular formula is C22H30NO2. The van der Waals surface area contributed by atoms with E-state index in [0.717, 1.165) is 23.6 Å². The van der Waals surface area contributed by atoms with Crippen molar-refractivity contribution in [2.24, 2.45) is 5.41 Å². The molecule has 0 saturated heterocycles. The second kappa shape index (κ2) is 8.39. The third-order valence-corrected chi connectivity index (χ3v) is 4.47. The largest absolute Gasteiger partial charge is 0.493 e. The van der Waals surface area contributed by atoms with Crippen molar-refractivity contribution in [3.63, 3.8) is 0 Å². The van der Waals surface area contributed by atoms with Crippen LogP contribution in [0.25, 0.3) is 0 Å². The van der Waals surface area contributed by atoms with Crippen LogP contribution in [-0.2, 0) is 13.2 Å². The minimum absolute atomic E-state index is 0.126. The standard InChI is InChI=1S/C22H30NO2/c1-16-9-7-8-10-19(16)15-25-20-12-11-18(13-21(20)24-6)14-23-17(2)22(3,4)5/h7-13,17,23H,2,14-15H2,1,3-6H3. The topological polar surface area (TPSA) is 30.5 Å². The molecule has 0 aromatic heterocycles. The highest BCUT2D eigenvalue weighted by Crippen LogP contribution is 2.29. The lowest BCUT2D eigenvalue weighted by Gasteiger charge is -2.28. The maximum Gasteiger partial charge on any atom is 0.161 e. The molecule has 0 amide bonds. The fourth-order valence-corrected chi connectivity index (χ4v) is 2.42. The number of methoxy groups -OCH3 is 1. The molecule has 135 valence electrons. The van der Waals surface area contributed by atoms with Crippen molar-refractivity contribution in [1.82, 2.24) is 5.32 Å². The van der Waals surface area contributed by atoms with E-state index < -0.39 is 0 Å². The molecule has 1 unspecified atom stereocenters. The van der Waals surface area contributed by atoms with Gasteiger partial charge in [0.15, 0.2) is 11.5 Å². The molecule has 2 rings (SSSR count). The van der Waals surface area contributed by atoms with Crippen LogP contribution < -0.4 is 14.8 Å². The van der Waals surface area contributed by atoms with Crippen molar-refractivity contribution in [3.8, 4) is 11.5 Å². The van der Waals surface area contributed by atoms with Gasteiger partial charge in [0.1, 0.15) is 6.61 Å². The Bertz CT molecular complexity index is 689. The minimum atomic E-state index is 0.126. The highest BCUT2D eigenvalue weighted by atomic mass is 16.5. The molecule has 3 heteroatoms. The van der Waals surface area contributed by atoms with Crippen LogP contribution in [0.15, 0.2) is 42.5 Å². The van der Waals surface area contributed by atoms with Gasteiger partial charge in [-0.15, -0.1) is 0 Å². The summed E-state index contributed by atoms with van der Waals surface area (Å²) in [5.74, 6) is 1.51. The monoisotopic (exact) mass is 340 g/mol. The van der Waals surface area contributed by atoms with Crippen molar-refractivity contribution in [1.29, 1.82) is 0 Å². The number of nitrogens with one attached hydrogen (secondary N) is 1. The van der Waals surface area contributed by atoms with Crippen molar-refractivity contribution in [3.05, 3.63) is 66.1 Å². The van der Waals surface area contributed by atoms with E-state index in [4.69, 9.17) is 9.47 Å². The highest BCUT2D eigenvalue weighted by Gasteiger charge is 2.19. The zero-order valence-electron chi connectivity index (χ0n) is 16.1. The summed E-state index contributed by atoms with van der Waals surface area (Å²) in [7, 11) is 1.67. The molecule has 0 aliphatic rings. The van der Waals surface area contributed by atoms with E-state index in [-0.39, 0.29) is 11.5 Å². The maximum absolute atomic E-state index is 5.97. The van der Waals surface area contributed by atoms with Crippen LogP contribution in [0.1, 0.15) is 37.5 Å². The Kier molecular flexibility index (Phi) is 6.49. The van der Waals surface area contributed by atoms with Crippen molar-refractivity contribution < 1.29 is 9.47 Å². The third kappa shape index (κ3) is 5.50. The van der Waals surface area contributed by atoms with Crippen molar-refractivity contribution >= 4 is 0 Å². The molecule has 2 aromatic carbocycles. The van der Waals surface area contributed by atoms with Gasteiger partial charge in [0.05, 0.1) is 7.11 Å². The molecule has 1 N–H and O–H groups in total. The van der Waals surface area contributed by atoms with E-state index in [1.165, 1.54) is 11.1 Å². The van der Waals surface area contributed by atoms with E-state index in [1.807, 2.05) is 24.3 Å².